The molecule has 7 atom stereocenters. The average molecular weight is 612 g/mol. The number of ether oxygens (including phenoxy) is 1. The summed E-state index contributed by atoms with van der Waals surface area (Å²) in [6.07, 6.45) is -4.06. The summed E-state index contributed by atoms with van der Waals surface area (Å²) in [5, 5.41) is 39.8. The number of amides is 2. The Bertz CT molecular complexity index is 1350. The molecule has 6 N–H and O–H groups in total. The number of pyridine rings is 2. The molecule has 2 amide bonds. The third-order valence-electron chi connectivity index (χ3n) is 7.19. The van der Waals surface area contributed by atoms with Crippen LogP contribution in [0.2, 0.25) is 0 Å². The molecular weight excluding hydrogens is 575 g/mol. The van der Waals surface area contributed by atoms with Crippen molar-refractivity contribution < 1.29 is 47.6 Å². The first-order valence-corrected chi connectivity index (χ1v) is 13.7. The molecule has 0 saturated carbocycles. The Kier molecular flexibility index (Phi) is 11.0. The van der Waals surface area contributed by atoms with Crippen LogP contribution in [0, 0.1) is 36.3 Å². The number of aromatic nitrogens is 2. The molecule has 3 rings (SSSR count). The Morgan fingerprint density at radius 3 is 2.40 bits per heavy atom. The molecule has 0 spiro atoms. The summed E-state index contributed by atoms with van der Waals surface area (Å²) in [6, 6.07) is -1.42. The fraction of sp³-hybridized carbons (Fsp3) is 0.536. The van der Waals surface area contributed by atoms with Crippen LogP contribution in [0.15, 0.2) is 18.3 Å². The van der Waals surface area contributed by atoms with Crippen molar-refractivity contribution in [2.24, 2.45) is 11.8 Å². The maximum Gasteiger partial charge on any atom is 0.312 e. The lowest BCUT2D eigenvalue weighted by Crippen LogP contribution is -2.62. The van der Waals surface area contributed by atoms with Gasteiger partial charge in [-0.25, -0.2) is 9.37 Å². The van der Waals surface area contributed by atoms with Crippen molar-refractivity contribution in [3.63, 3.8) is 0 Å². The van der Waals surface area contributed by atoms with Crippen LogP contribution in [-0.4, -0.2) is 73.4 Å². The first kappa shape index (κ1) is 33.7. The van der Waals surface area contributed by atoms with E-state index >= 15 is 0 Å². The zero-order valence-corrected chi connectivity index (χ0v) is 24.3. The van der Waals surface area contributed by atoms with Gasteiger partial charge in [-0.15, -0.1) is 0 Å². The van der Waals surface area contributed by atoms with Gasteiger partial charge in [0.2, 0.25) is 11.7 Å². The molecule has 0 radical (unpaired) electrons. The first-order chi connectivity index (χ1) is 20.1. The molecule has 1 fully saturated rings. The maximum atomic E-state index is 14.8. The molecule has 2 aromatic rings. The standard InChI is InChI=1S/C28H36F3N5O7/c1-11(2)9-18-25(39)34-14(5)21(36-27(41)22-17(37)7-6-8-32-22)26(40)35-16(23(38)12(3)28(42)43-18)10-15-13(4)33-24(31)20(30)19(15)29/h6-8,11-12,14,16,18,21,23,27,36-38,41H,9-10H2,1-5H3,(H,34,39)(H,35,40). The second kappa shape index (κ2) is 14.1. The van der Waals surface area contributed by atoms with Gasteiger partial charge in [0.25, 0.3) is 11.9 Å². The number of esters is 1. The van der Waals surface area contributed by atoms with E-state index in [2.05, 4.69) is 25.9 Å². The van der Waals surface area contributed by atoms with Crippen LogP contribution in [0.3, 0.4) is 0 Å². The largest absolute Gasteiger partial charge is 0.506 e. The number of aromatic hydroxyl groups is 1. The molecule has 43 heavy (non-hydrogen) atoms. The number of nitrogens with zero attached hydrogens (tertiary/aromatic N) is 2. The molecule has 1 aliphatic rings. The molecule has 0 aromatic carbocycles. The average Bonchev–Trinajstić information content (AvgIpc) is 2.94. The second-order valence-electron chi connectivity index (χ2n) is 11.0. The number of hydrogen-bond donors (Lipinski definition) is 6. The van der Waals surface area contributed by atoms with Crippen molar-refractivity contribution in [2.75, 3.05) is 0 Å². The Labute approximate surface area is 246 Å². The second-order valence-corrected chi connectivity index (χ2v) is 11.0. The Hall–Kier alpha value is -3.82. The van der Waals surface area contributed by atoms with Crippen molar-refractivity contribution in [2.45, 2.75) is 84.0 Å². The molecule has 236 valence electrons. The van der Waals surface area contributed by atoms with E-state index in [9.17, 15) is 42.9 Å². The topological polar surface area (TPSA) is 183 Å². The lowest BCUT2D eigenvalue weighted by Gasteiger charge is -2.34. The number of carbonyl (C=O) groups is 3. The highest BCUT2D eigenvalue weighted by Gasteiger charge is 2.40. The predicted octanol–water partition coefficient (Wildman–Crippen LogP) is 1.06. The van der Waals surface area contributed by atoms with Crippen LogP contribution in [0.5, 0.6) is 5.75 Å². The monoisotopic (exact) mass is 611 g/mol. The number of aliphatic hydroxyl groups is 2. The van der Waals surface area contributed by atoms with Crippen LogP contribution in [-0.2, 0) is 25.5 Å². The minimum atomic E-state index is -1.85. The summed E-state index contributed by atoms with van der Waals surface area (Å²) in [5.41, 5.74) is -0.951. The zero-order chi connectivity index (χ0) is 32.2. The van der Waals surface area contributed by atoms with Crippen LogP contribution in [0.1, 0.15) is 57.3 Å². The van der Waals surface area contributed by atoms with Gasteiger partial charge in [-0.2, -0.15) is 8.78 Å². The van der Waals surface area contributed by atoms with Gasteiger partial charge in [0.15, 0.2) is 18.1 Å². The summed E-state index contributed by atoms with van der Waals surface area (Å²) < 4.78 is 48.1. The Balaban J connectivity index is 2.07. The van der Waals surface area contributed by atoms with Crippen molar-refractivity contribution in [3.05, 3.63) is 52.9 Å². The summed E-state index contributed by atoms with van der Waals surface area (Å²) >= 11 is 0. The van der Waals surface area contributed by atoms with Gasteiger partial charge in [0, 0.05) is 17.5 Å². The molecule has 0 aliphatic carbocycles. The summed E-state index contributed by atoms with van der Waals surface area (Å²) in [4.78, 5) is 47.1. The predicted molar refractivity (Wildman–Crippen MR) is 144 cm³/mol. The molecule has 1 saturated heterocycles. The molecule has 3 heterocycles. The van der Waals surface area contributed by atoms with Gasteiger partial charge in [-0.1, -0.05) is 13.8 Å². The van der Waals surface area contributed by atoms with Gasteiger partial charge in [0.1, 0.15) is 17.5 Å². The van der Waals surface area contributed by atoms with E-state index in [-0.39, 0.29) is 23.7 Å². The highest BCUT2D eigenvalue weighted by atomic mass is 19.2. The fourth-order valence-electron chi connectivity index (χ4n) is 4.72. The van der Waals surface area contributed by atoms with Crippen molar-refractivity contribution in [1.82, 2.24) is 25.9 Å². The number of cyclic esters (lactones) is 1. The Morgan fingerprint density at radius 2 is 1.77 bits per heavy atom. The maximum absolute atomic E-state index is 14.8. The van der Waals surface area contributed by atoms with Crippen molar-refractivity contribution >= 4 is 17.8 Å². The van der Waals surface area contributed by atoms with Crippen LogP contribution in [0.4, 0.5) is 13.2 Å². The zero-order valence-electron chi connectivity index (χ0n) is 24.3. The quantitative estimate of drug-likeness (QED) is 0.150. The third-order valence-corrected chi connectivity index (χ3v) is 7.19. The van der Waals surface area contributed by atoms with Crippen LogP contribution >= 0.6 is 0 Å². The lowest BCUT2D eigenvalue weighted by molar-refractivity contribution is -0.165. The number of aliphatic hydroxyl groups excluding tert-OH is 2. The SMILES string of the molecule is Cc1nc(F)c(F)c(F)c1CC1NC(=O)C(NC(O)c2ncccc2O)C(C)NC(=O)C(CC(C)C)OC(=O)C(C)C1O. The highest BCUT2D eigenvalue weighted by Crippen LogP contribution is 2.24. The minimum Gasteiger partial charge on any atom is -0.506 e. The molecule has 1 aliphatic heterocycles. The van der Waals surface area contributed by atoms with Crippen molar-refractivity contribution in [3.8, 4) is 5.75 Å². The molecule has 0 bridgehead atoms. The van der Waals surface area contributed by atoms with Gasteiger partial charge in [-0.05, 0) is 51.7 Å². The summed E-state index contributed by atoms with van der Waals surface area (Å²) in [5.74, 6) is -9.67. The van der Waals surface area contributed by atoms with Gasteiger partial charge in [-0.3, -0.25) is 24.7 Å². The van der Waals surface area contributed by atoms with Gasteiger partial charge in [0.05, 0.1) is 24.1 Å². The Morgan fingerprint density at radius 1 is 1.09 bits per heavy atom. The number of rotatable bonds is 7. The van der Waals surface area contributed by atoms with Crippen LogP contribution < -0.4 is 16.0 Å². The van der Waals surface area contributed by atoms with Crippen molar-refractivity contribution in [1.29, 1.82) is 0 Å². The molecule has 7 unspecified atom stereocenters. The summed E-state index contributed by atoms with van der Waals surface area (Å²) in [6.45, 7) is 7.46. The summed E-state index contributed by atoms with van der Waals surface area (Å²) in [7, 11) is 0. The molecule has 2 aromatic heterocycles. The van der Waals surface area contributed by atoms with Crippen LogP contribution in [0.25, 0.3) is 0 Å². The number of carbonyl (C=O) groups excluding carboxylic acids is 3. The van der Waals surface area contributed by atoms with E-state index in [1.165, 1.54) is 39.1 Å². The van der Waals surface area contributed by atoms with Gasteiger partial charge >= 0.3 is 5.97 Å². The first-order valence-electron chi connectivity index (χ1n) is 13.7. The van der Waals surface area contributed by atoms with E-state index in [0.717, 1.165) is 0 Å². The fourth-order valence-corrected chi connectivity index (χ4v) is 4.72. The molecular formula is C28H36F3N5O7. The minimum absolute atomic E-state index is 0.0934. The van der Waals surface area contributed by atoms with E-state index in [4.69, 9.17) is 4.74 Å². The highest BCUT2D eigenvalue weighted by molar-refractivity contribution is 5.87. The molecule has 15 heteroatoms. The normalized spacial score (nSPS) is 26.2. The van der Waals surface area contributed by atoms with Gasteiger partial charge < -0.3 is 30.7 Å². The number of hydrogen-bond acceptors (Lipinski definition) is 10. The van der Waals surface area contributed by atoms with E-state index in [1.807, 2.05) is 0 Å². The number of aryl methyl sites for hydroxylation is 1. The van der Waals surface area contributed by atoms with E-state index in [1.54, 1.807) is 13.8 Å². The van der Waals surface area contributed by atoms with E-state index in [0.29, 0.717) is 0 Å². The third kappa shape index (κ3) is 7.97. The lowest BCUT2D eigenvalue weighted by atomic mass is 9.91. The number of halogens is 3. The smallest absolute Gasteiger partial charge is 0.312 e. The molecule has 12 nitrogen and oxygen atoms in total. The van der Waals surface area contributed by atoms with E-state index < -0.39 is 95.6 Å². The number of nitrogens with one attached hydrogen (secondary N) is 3.